The number of nitrogens with zero attached hydrogens (tertiary/aromatic N) is 1. The van der Waals surface area contributed by atoms with Gasteiger partial charge in [-0.2, -0.15) is 0 Å². The molecule has 0 bridgehead atoms. The first-order chi connectivity index (χ1) is 7.65. The highest BCUT2D eigenvalue weighted by Crippen LogP contribution is 2.30. The summed E-state index contributed by atoms with van der Waals surface area (Å²) >= 11 is 0. The summed E-state index contributed by atoms with van der Waals surface area (Å²) < 4.78 is 0. The number of terminal acetylenes is 1. The molecule has 1 heterocycles. The van der Waals surface area contributed by atoms with E-state index in [4.69, 9.17) is 6.42 Å². The van der Waals surface area contributed by atoms with Gasteiger partial charge in [-0.25, -0.2) is 0 Å². The highest BCUT2D eigenvalue weighted by Gasteiger charge is 2.37. The molecule has 16 heavy (non-hydrogen) atoms. The van der Waals surface area contributed by atoms with Gasteiger partial charge in [-0.3, -0.25) is 4.90 Å². The van der Waals surface area contributed by atoms with Crippen LogP contribution in [0.25, 0.3) is 0 Å². The van der Waals surface area contributed by atoms with Crippen LogP contribution in [0.1, 0.15) is 52.4 Å². The lowest BCUT2D eigenvalue weighted by Gasteiger charge is -2.42. The zero-order valence-electron chi connectivity index (χ0n) is 10.7. The average Bonchev–Trinajstić information content (AvgIpc) is 2.82. The Morgan fingerprint density at radius 1 is 1.44 bits per heavy atom. The Morgan fingerprint density at radius 2 is 2.06 bits per heavy atom. The van der Waals surface area contributed by atoms with E-state index in [0.29, 0.717) is 0 Å². The molecule has 0 aromatic rings. The molecule has 1 N–H and O–H groups in total. The Labute approximate surface area is 100 Å². The van der Waals surface area contributed by atoms with E-state index in [1.807, 2.05) is 0 Å². The minimum Gasteiger partial charge on any atom is -0.391 e. The van der Waals surface area contributed by atoms with Gasteiger partial charge in [0.2, 0.25) is 0 Å². The third-order valence-electron chi connectivity index (χ3n) is 4.06. The minimum absolute atomic E-state index is 0.0505. The number of rotatable bonds is 6. The third kappa shape index (κ3) is 2.99. The van der Waals surface area contributed by atoms with Crippen LogP contribution in [0.3, 0.4) is 0 Å². The fourth-order valence-electron chi connectivity index (χ4n) is 2.61. The average molecular weight is 223 g/mol. The summed E-state index contributed by atoms with van der Waals surface area (Å²) in [6.07, 6.45) is 11.1. The van der Waals surface area contributed by atoms with Gasteiger partial charge in [0.25, 0.3) is 0 Å². The summed E-state index contributed by atoms with van der Waals surface area (Å²) in [6, 6.07) is 0. The zero-order chi connectivity index (χ0) is 12.0. The summed E-state index contributed by atoms with van der Waals surface area (Å²) in [5, 5.41) is 10.3. The summed E-state index contributed by atoms with van der Waals surface area (Å²) in [5.41, 5.74) is -0.0505. The van der Waals surface area contributed by atoms with E-state index in [2.05, 4.69) is 24.7 Å². The van der Waals surface area contributed by atoms with Crippen molar-refractivity contribution in [2.75, 3.05) is 13.1 Å². The molecule has 0 radical (unpaired) electrons. The molecule has 1 fully saturated rings. The van der Waals surface area contributed by atoms with Crippen LogP contribution in [0.2, 0.25) is 0 Å². The smallest absolute Gasteiger partial charge is 0.0721 e. The van der Waals surface area contributed by atoms with Crippen molar-refractivity contribution in [3.63, 3.8) is 0 Å². The number of hydrogen-bond donors (Lipinski definition) is 1. The van der Waals surface area contributed by atoms with E-state index >= 15 is 0 Å². The predicted molar refractivity (Wildman–Crippen MR) is 68.2 cm³/mol. The molecule has 2 nitrogen and oxygen atoms in total. The van der Waals surface area contributed by atoms with Gasteiger partial charge < -0.3 is 5.11 Å². The molecule has 2 atom stereocenters. The molecule has 0 aromatic carbocycles. The molecule has 0 amide bonds. The molecule has 92 valence electrons. The van der Waals surface area contributed by atoms with Crippen molar-refractivity contribution in [3.8, 4) is 12.3 Å². The van der Waals surface area contributed by atoms with E-state index < -0.39 is 0 Å². The first-order valence-corrected chi connectivity index (χ1v) is 6.51. The molecule has 0 saturated carbocycles. The second-order valence-corrected chi connectivity index (χ2v) is 5.02. The third-order valence-corrected chi connectivity index (χ3v) is 4.06. The Bertz CT molecular complexity index is 240. The Balaban J connectivity index is 2.52. The summed E-state index contributed by atoms with van der Waals surface area (Å²) in [5.74, 6) is 2.64. The van der Waals surface area contributed by atoms with E-state index in [-0.39, 0.29) is 11.6 Å². The first-order valence-electron chi connectivity index (χ1n) is 6.51. The van der Waals surface area contributed by atoms with Gasteiger partial charge in [0, 0.05) is 12.0 Å². The summed E-state index contributed by atoms with van der Waals surface area (Å²) in [6.45, 7) is 6.63. The molecule has 1 saturated heterocycles. The van der Waals surface area contributed by atoms with Crippen molar-refractivity contribution >= 4 is 0 Å². The maximum Gasteiger partial charge on any atom is 0.0721 e. The molecule has 2 heteroatoms. The largest absolute Gasteiger partial charge is 0.391 e. The monoisotopic (exact) mass is 223 g/mol. The van der Waals surface area contributed by atoms with Gasteiger partial charge in [-0.15, -0.1) is 12.3 Å². The van der Waals surface area contributed by atoms with Crippen LogP contribution in [0.5, 0.6) is 0 Å². The van der Waals surface area contributed by atoms with E-state index in [1.165, 1.54) is 12.8 Å². The minimum atomic E-state index is -0.246. The fourth-order valence-corrected chi connectivity index (χ4v) is 2.61. The van der Waals surface area contributed by atoms with Crippen LogP contribution in [-0.2, 0) is 0 Å². The number of unbranched alkanes of at least 4 members (excludes halogenated alkanes) is 1. The van der Waals surface area contributed by atoms with Gasteiger partial charge in [0.05, 0.1) is 6.10 Å². The lowest BCUT2D eigenvalue weighted by molar-refractivity contribution is -0.0173. The van der Waals surface area contributed by atoms with Gasteiger partial charge in [0.1, 0.15) is 0 Å². The van der Waals surface area contributed by atoms with Crippen LogP contribution < -0.4 is 0 Å². The summed E-state index contributed by atoms with van der Waals surface area (Å²) in [7, 11) is 0. The quantitative estimate of drug-likeness (QED) is 0.552. The van der Waals surface area contributed by atoms with Gasteiger partial charge in [-0.05, 0) is 52.1 Å². The van der Waals surface area contributed by atoms with Crippen molar-refractivity contribution < 1.29 is 5.11 Å². The second kappa shape index (κ2) is 6.27. The topological polar surface area (TPSA) is 23.5 Å². The van der Waals surface area contributed by atoms with Crippen LogP contribution in [0.4, 0.5) is 0 Å². The molecule has 0 aromatic heterocycles. The number of likely N-dealkylation sites (tertiary alicyclic amines) is 1. The molecule has 1 aliphatic rings. The molecule has 0 aliphatic carbocycles. The van der Waals surface area contributed by atoms with Crippen LogP contribution >= 0.6 is 0 Å². The first kappa shape index (κ1) is 13.5. The Morgan fingerprint density at radius 3 is 2.56 bits per heavy atom. The SMILES string of the molecule is C#CCCCC(O)C(C)(CC)N1CCCC1. The number of aliphatic hydroxyl groups excluding tert-OH is 1. The van der Waals surface area contributed by atoms with E-state index in [9.17, 15) is 5.11 Å². The van der Waals surface area contributed by atoms with Gasteiger partial charge in [0.15, 0.2) is 0 Å². The zero-order valence-corrected chi connectivity index (χ0v) is 10.7. The highest BCUT2D eigenvalue weighted by atomic mass is 16.3. The normalized spacial score (nSPS) is 22.6. The Kier molecular flexibility index (Phi) is 5.31. The predicted octanol–water partition coefficient (Wildman–Crippen LogP) is 2.42. The number of hydrogen-bond acceptors (Lipinski definition) is 2. The van der Waals surface area contributed by atoms with Gasteiger partial charge >= 0.3 is 0 Å². The molecule has 1 rings (SSSR count). The van der Waals surface area contributed by atoms with Crippen LogP contribution in [-0.4, -0.2) is 34.7 Å². The van der Waals surface area contributed by atoms with E-state index in [1.54, 1.807) is 0 Å². The van der Waals surface area contributed by atoms with Crippen LogP contribution in [0, 0.1) is 12.3 Å². The van der Waals surface area contributed by atoms with Crippen LogP contribution in [0.15, 0.2) is 0 Å². The molecule has 1 aliphatic heterocycles. The molecular formula is C14H25NO. The Hall–Kier alpha value is -0.520. The van der Waals surface area contributed by atoms with Crippen molar-refractivity contribution in [2.45, 2.75) is 64.0 Å². The van der Waals surface area contributed by atoms with E-state index in [0.717, 1.165) is 38.8 Å². The molecule has 2 unspecified atom stereocenters. The molecular weight excluding hydrogens is 198 g/mol. The lowest BCUT2D eigenvalue weighted by atomic mass is 9.86. The maximum atomic E-state index is 10.3. The lowest BCUT2D eigenvalue weighted by Crippen LogP contribution is -2.53. The van der Waals surface area contributed by atoms with Crippen molar-refractivity contribution in [3.05, 3.63) is 0 Å². The van der Waals surface area contributed by atoms with Crippen molar-refractivity contribution in [1.29, 1.82) is 0 Å². The maximum absolute atomic E-state index is 10.3. The number of aliphatic hydroxyl groups is 1. The van der Waals surface area contributed by atoms with Crippen molar-refractivity contribution in [1.82, 2.24) is 4.90 Å². The standard InChI is InChI=1S/C14H25NO/c1-4-6-7-10-13(16)14(3,5-2)15-11-8-9-12-15/h1,13,16H,5-12H2,2-3H3. The van der Waals surface area contributed by atoms with Gasteiger partial charge in [-0.1, -0.05) is 6.92 Å². The second-order valence-electron chi connectivity index (χ2n) is 5.02. The molecule has 0 spiro atoms. The highest BCUT2D eigenvalue weighted by molar-refractivity contribution is 4.94. The van der Waals surface area contributed by atoms with Crippen molar-refractivity contribution in [2.24, 2.45) is 0 Å². The fraction of sp³-hybridized carbons (Fsp3) is 0.857. The summed E-state index contributed by atoms with van der Waals surface area (Å²) in [4.78, 5) is 2.45.